The Hall–Kier alpha value is -3.58. The van der Waals surface area contributed by atoms with Crippen LogP contribution >= 0.6 is 11.8 Å². The third-order valence-electron chi connectivity index (χ3n) is 6.23. The normalized spacial score (nSPS) is 16.7. The Kier molecular flexibility index (Phi) is 7.67. The molecule has 2 aliphatic heterocycles. The van der Waals surface area contributed by atoms with Crippen LogP contribution in [0.15, 0.2) is 70.7 Å². The molecule has 0 spiro atoms. The first kappa shape index (κ1) is 24.1. The number of thioether (sulfide) groups is 1. The van der Waals surface area contributed by atoms with Crippen molar-refractivity contribution >= 4 is 28.7 Å². The number of ether oxygens (including phenoxy) is 2. The SMILES string of the molecule is COCCN1CCN(c2ccc(COc3nccc(C(C#N)=C4Nc5ccccc5S4)n3)cc2)CC1. The fraction of sp³-hybridized carbons (Fsp3) is 0.296. The summed E-state index contributed by atoms with van der Waals surface area (Å²) in [7, 11) is 1.75. The van der Waals surface area contributed by atoms with Crippen molar-refractivity contribution in [2.24, 2.45) is 0 Å². The number of aromatic nitrogens is 2. The largest absolute Gasteiger partial charge is 0.459 e. The van der Waals surface area contributed by atoms with Gasteiger partial charge in [-0.2, -0.15) is 10.2 Å². The Morgan fingerprint density at radius 3 is 2.64 bits per heavy atom. The van der Waals surface area contributed by atoms with Crippen molar-refractivity contribution in [3.63, 3.8) is 0 Å². The maximum absolute atomic E-state index is 9.83. The van der Waals surface area contributed by atoms with Gasteiger partial charge in [-0.1, -0.05) is 36.0 Å². The third-order valence-corrected chi connectivity index (χ3v) is 7.32. The van der Waals surface area contributed by atoms with Crippen molar-refractivity contribution in [3.8, 4) is 12.1 Å². The zero-order valence-electron chi connectivity index (χ0n) is 20.2. The smallest absolute Gasteiger partial charge is 0.317 e. The van der Waals surface area contributed by atoms with Crippen LogP contribution in [0.4, 0.5) is 11.4 Å². The molecule has 0 radical (unpaired) electrons. The number of hydrogen-bond donors (Lipinski definition) is 1. The lowest BCUT2D eigenvalue weighted by Gasteiger charge is -2.36. The molecule has 1 saturated heterocycles. The standard InChI is InChI=1S/C27H28N6O2S/c1-34-17-16-32-12-14-33(15-13-32)21-8-6-20(7-9-21)19-35-27-29-11-10-23(31-27)22(18-28)26-30-24-4-2-3-5-25(24)36-26/h2-11,30H,12-17,19H2,1H3. The van der Waals surface area contributed by atoms with Crippen LogP contribution in [0.25, 0.3) is 5.57 Å². The van der Waals surface area contributed by atoms with Gasteiger partial charge in [0.2, 0.25) is 0 Å². The van der Waals surface area contributed by atoms with E-state index in [1.54, 1.807) is 19.4 Å². The number of benzene rings is 2. The average molecular weight is 501 g/mol. The maximum atomic E-state index is 9.83. The number of allylic oxidation sites excluding steroid dienone is 1. The van der Waals surface area contributed by atoms with Crippen LogP contribution in [0.1, 0.15) is 11.3 Å². The number of rotatable bonds is 8. The molecule has 3 aromatic rings. The molecule has 1 aromatic heterocycles. The van der Waals surface area contributed by atoms with Gasteiger partial charge in [-0.25, -0.2) is 4.98 Å². The predicted molar refractivity (Wildman–Crippen MR) is 142 cm³/mol. The van der Waals surface area contributed by atoms with Gasteiger partial charge >= 0.3 is 6.01 Å². The Labute approximate surface area is 215 Å². The average Bonchev–Trinajstić information content (AvgIpc) is 3.36. The number of anilines is 2. The van der Waals surface area contributed by atoms with Gasteiger partial charge in [-0.3, -0.25) is 4.90 Å². The van der Waals surface area contributed by atoms with Gasteiger partial charge in [0, 0.05) is 56.6 Å². The molecule has 3 heterocycles. The Bertz CT molecular complexity index is 1240. The van der Waals surface area contributed by atoms with Crippen molar-refractivity contribution in [2.75, 3.05) is 56.7 Å². The van der Waals surface area contributed by atoms with Gasteiger partial charge in [0.25, 0.3) is 0 Å². The molecule has 36 heavy (non-hydrogen) atoms. The molecule has 1 N–H and O–H groups in total. The summed E-state index contributed by atoms with van der Waals surface area (Å²) in [4.78, 5) is 14.7. The van der Waals surface area contributed by atoms with E-state index in [9.17, 15) is 5.26 Å². The molecule has 0 unspecified atom stereocenters. The molecule has 1 fully saturated rings. The number of hydrogen-bond acceptors (Lipinski definition) is 9. The second kappa shape index (κ2) is 11.4. The van der Waals surface area contributed by atoms with E-state index >= 15 is 0 Å². The number of nitrogens with zero attached hydrogens (tertiary/aromatic N) is 5. The van der Waals surface area contributed by atoms with E-state index in [0.29, 0.717) is 17.9 Å². The van der Waals surface area contributed by atoms with Crippen molar-refractivity contribution in [1.82, 2.24) is 14.9 Å². The summed E-state index contributed by atoms with van der Waals surface area (Å²) in [6.07, 6.45) is 1.62. The zero-order chi connectivity index (χ0) is 24.7. The lowest BCUT2D eigenvalue weighted by Crippen LogP contribution is -2.47. The van der Waals surface area contributed by atoms with Crippen molar-refractivity contribution in [2.45, 2.75) is 11.5 Å². The highest BCUT2D eigenvalue weighted by Crippen LogP contribution is 2.43. The van der Waals surface area contributed by atoms with Gasteiger partial charge in [0.1, 0.15) is 18.2 Å². The van der Waals surface area contributed by atoms with Crippen LogP contribution in [0.5, 0.6) is 6.01 Å². The fourth-order valence-electron chi connectivity index (χ4n) is 4.21. The third kappa shape index (κ3) is 5.62. The summed E-state index contributed by atoms with van der Waals surface area (Å²) in [5.41, 5.74) is 4.25. The summed E-state index contributed by atoms with van der Waals surface area (Å²) in [5, 5.41) is 13.9. The predicted octanol–water partition coefficient (Wildman–Crippen LogP) is 4.23. The minimum absolute atomic E-state index is 0.248. The summed E-state index contributed by atoms with van der Waals surface area (Å²) in [5.74, 6) is 0. The summed E-state index contributed by atoms with van der Waals surface area (Å²) < 4.78 is 11.1. The summed E-state index contributed by atoms with van der Waals surface area (Å²) in [6, 6.07) is 20.7. The van der Waals surface area contributed by atoms with E-state index in [4.69, 9.17) is 9.47 Å². The highest BCUT2D eigenvalue weighted by atomic mass is 32.2. The highest BCUT2D eigenvalue weighted by Gasteiger charge is 2.21. The number of nitrogens with one attached hydrogen (secondary N) is 1. The van der Waals surface area contributed by atoms with Crippen LogP contribution in [0, 0.1) is 11.3 Å². The summed E-state index contributed by atoms with van der Waals surface area (Å²) >= 11 is 1.53. The van der Waals surface area contributed by atoms with E-state index in [1.807, 2.05) is 24.3 Å². The number of piperazine rings is 1. The quantitative estimate of drug-likeness (QED) is 0.457. The fourth-order valence-corrected chi connectivity index (χ4v) is 5.21. The number of nitriles is 1. The first-order valence-electron chi connectivity index (χ1n) is 11.9. The van der Waals surface area contributed by atoms with Crippen LogP contribution in [0.3, 0.4) is 0 Å². The molecule has 5 rings (SSSR count). The first-order valence-corrected chi connectivity index (χ1v) is 12.7. The van der Waals surface area contributed by atoms with Gasteiger partial charge in [-0.05, 0) is 35.9 Å². The molecule has 2 aromatic carbocycles. The Morgan fingerprint density at radius 1 is 1.08 bits per heavy atom. The molecular weight excluding hydrogens is 472 g/mol. The lowest BCUT2D eigenvalue weighted by molar-refractivity contribution is 0.144. The van der Waals surface area contributed by atoms with Crippen LogP contribution < -0.4 is 15.0 Å². The van der Waals surface area contributed by atoms with Crippen LogP contribution in [-0.2, 0) is 11.3 Å². The monoisotopic (exact) mass is 500 g/mol. The number of fused-ring (bicyclic) bond motifs is 1. The summed E-state index contributed by atoms with van der Waals surface area (Å²) in [6.45, 7) is 6.22. The first-order chi connectivity index (χ1) is 17.7. The molecule has 0 atom stereocenters. The highest BCUT2D eigenvalue weighted by molar-refractivity contribution is 8.04. The van der Waals surface area contributed by atoms with Crippen molar-refractivity contribution in [3.05, 3.63) is 77.1 Å². The molecule has 0 amide bonds. The van der Waals surface area contributed by atoms with E-state index in [-0.39, 0.29) is 6.01 Å². The lowest BCUT2D eigenvalue weighted by atomic mass is 10.2. The number of para-hydroxylation sites is 1. The van der Waals surface area contributed by atoms with Crippen molar-refractivity contribution < 1.29 is 9.47 Å². The molecule has 0 bridgehead atoms. The van der Waals surface area contributed by atoms with Crippen LogP contribution in [0.2, 0.25) is 0 Å². The Balaban J connectivity index is 1.19. The van der Waals surface area contributed by atoms with Gasteiger partial charge < -0.3 is 19.7 Å². The number of methoxy groups -OCH3 is 1. The molecule has 184 valence electrons. The maximum Gasteiger partial charge on any atom is 0.317 e. The molecular formula is C27H28N6O2S. The van der Waals surface area contributed by atoms with E-state index in [2.05, 4.69) is 55.4 Å². The van der Waals surface area contributed by atoms with Crippen molar-refractivity contribution in [1.29, 1.82) is 5.26 Å². The molecule has 2 aliphatic rings. The van der Waals surface area contributed by atoms with E-state index in [1.165, 1.54) is 17.4 Å². The van der Waals surface area contributed by atoms with Gasteiger partial charge in [-0.15, -0.1) is 0 Å². The second-order valence-corrected chi connectivity index (χ2v) is 9.59. The topological polar surface area (TPSA) is 86.5 Å². The van der Waals surface area contributed by atoms with E-state index in [0.717, 1.165) is 60.5 Å². The minimum atomic E-state index is 0.248. The molecule has 0 aliphatic carbocycles. The second-order valence-electron chi connectivity index (χ2n) is 8.54. The van der Waals surface area contributed by atoms with Gasteiger partial charge in [0.05, 0.1) is 23.0 Å². The molecule has 0 saturated carbocycles. The molecule has 8 nitrogen and oxygen atoms in total. The Morgan fingerprint density at radius 2 is 1.89 bits per heavy atom. The van der Waals surface area contributed by atoms with Crippen LogP contribution in [-0.4, -0.2) is 61.3 Å². The zero-order valence-corrected chi connectivity index (χ0v) is 21.0. The van der Waals surface area contributed by atoms with E-state index < -0.39 is 0 Å². The minimum Gasteiger partial charge on any atom is -0.459 e. The molecule has 9 heteroatoms. The van der Waals surface area contributed by atoms with Gasteiger partial charge in [0.15, 0.2) is 0 Å².